The van der Waals surface area contributed by atoms with E-state index >= 15 is 0 Å². The Hall–Kier alpha value is -2.66. The first kappa shape index (κ1) is 24.6. The Kier molecular flexibility index (Phi) is 9.73. The first-order valence-corrected chi connectivity index (χ1v) is 11.2. The predicted octanol–water partition coefficient (Wildman–Crippen LogP) is 2.58. The summed E-state index contributed by atoms with van der Waals surface area (Å²) in [4.78, 5) is 27.6. The maximum atomic E-state index is 12.2. The maximum Gasteiger partial charge on any atom is 0.318 e. The SMILES string of the molecule is C=CC(=O)N1CCN(c2nc(OCCN(C)CCCC)nc(C)c2CC)CC1CC#N. The molecule has 2 heterocycles. The molecule has 1 aromatic rings. The molecule has 0 saturated carbocycles. The Balaban J connectivity index is 2.16. The van der Waals surface area contributed by atoms with Crippen molar-refractivity contribution in [1.82, 2.24) is 19.8 Å². The zero-order chi connectivity index (χ0) is 22.8. The highest BCUT2D eigenvalue weighted by Gasteiger charge is 2.31. The number of aryl methyl sites for hydroxylation is 1. The number of anilines is 1. The summed E-state index contributed by atoms with van der Waals surface area (Å²) in [6.07, 6.45) is 4.74. The van der Waals surface area contributed by atoms with E-state index in [1.165, 1.54) is 18.9 Å². The molecule has 0 N–H and O–H groups in total. The molecular formula is C23H36N6O2. The van der Waals surface area contributed by atoms with Crippen LogP contribution in [0.3, 0.4) is 0 Å². The van der Waals surface area contributed by atoms with E-state index in [2.05, 4.69) is 48.3 Å². The monoisotopic (exact) mass is 428 g/mol. The summed E-state index contributed by atoms with van der Waals surface area (Å²) in [5.41, 5.74) is 1.98. The standard InChI is InChI=1S/C23H36N6O2/c1-6-9-12-27(5)15-16-31-23-25-18(4)20(7-2)22(26-23)28-13-14-29(21(30)8-3)19(17-28)10-11-24/h8,19H,3,6-7,9-10,12-17H2,1-2,4-5H3. The smallest absolute Gasteiger partial charge is 0.318 e. The first-order chi connectivity index (χ1) is 14.9. The number of amides is 1. The summed E-state index contributed by atoms with van der Waals surface area (Å²) in [5.74, 6) is 0.712. The number of hydrogen-bond acceptors (Lipinski definition) is 7. The van der Waals surface area contributed by atoms with E-state index in [1.807, 2.05) is 6.92 Å². The number of nitriles is 1. The fourth-order valence-electron chi connectivity index (χ4n) is 3.86. The largest absolute Gasteiger partial charge is 0.462 e. The molecule has 0 bridgehead atoms. The van der Waals surface area contributed by atoms with Crippen LogP contribution in [0.15, 0.2) is 12.7 Å². The number of ether oxygens (including phenoxy) is 1. The van der Waals surface area contributed by atoms with Crippen LogP contribution in [-0.4, -0.2) is 78.1 Å². The molecule has 0 spiro atoms. The lowest BCUT2D eigenvalue weighted by atomic mass is 10.1. The highest BCUT2D eigenvalue weighted by atomic mass is 16.5. The average molecular weight is 429 g/mol. The molecule has 1 amide bonds. The summed E-state index contributed by atoms with van der Waals surface area (Å²) in [5, 5.41) is 9.25. The summed E-state index contributed by atoms with van der Waals surface area (Å²) < 4.78 is 5.90. The number of aromatic nitrogens is 2. The molecule has 1 saturated heterocycles. The van der Waals surface area contributed by atoms with Crippen LogP contribution in [0.2, 0.25) is 0 Å². The van der Waals surface area contributed by atoms with Gasteiger partial charge in [0, 0.05) is 37.4 Å². The van der Waals surface area contributed by atoms with Gasteiger partial charge in [0.05, 0.1) is 18.5 Å². The molecule has 0 aromatic carbocycles. The first-order valence-electron chi connectivity index (χ1n) is 11.2. The number of unbranched alkanes of at least 4 members (excludes halogenated alkanes) is 1. The van der Waals surface area contributed by atoms with E-state index in [9.17, 15) is 10.1 Å². The molecule has 1 aliphatic rings. The molecule has 0 aliphatic carbocycles. The number of piperazine rings is 1. The van der Waals surface area contributed by atoms with E-state index in [4.69, 9.17) is 9.72 Å². The molecular weight excluding hydrogens is 392 g/mol. The van der Waals surface area contributed by atoms with Crippen molar-refractivity contribution in [3.8, 4) is 12.1 Å². The molecule has 2 rings (SSSR count). The number of likely N-dealkylation sites (N-methyl/N-ethyl adjacent to an activating group) is 1. The third-order valence-corrected chi connectivity index (χ3v) is 5.69. The summed E-state index contributed by atoms with van der Waals surface area (Å²) >= 11 is 0. The molecule has 8 heteroatoms. The predicted molar refractivity (Wildman–Crippen MR) is 122 cm³/mol. The van der Waals surface area contributed by atoms with Gasteiger partial charge in [-0.25, -0.2) is 4.98 Å². The Bertz CT molecular complexity index is 791. The van der Waals surface area contributed by atoms with Gasteiger partial charge in [-0.2, -0.15) is 10.2 Å². The molecule has 1 unspecified atom stereocenters. The minimum absolute atomic E-state index is 0.134. The van der Waals surface area contributed by atoms with Crippen molar-refractivity contribution in [2.45, 2.75) is 52.5 Å². The molecule has 0 radical (unpaired) electrons. The van der Waals surface area contributed by atoms with Crippen molar-refractivity contribution >= 4 is 11.7 Å². The van der Waals surface area contributed by atoms with Crippen LogP contribution in [0.4, 0.5) is 5.82 Å². The Morgan fingerprint density at radius 2 is 2.13 bits per heavy atom. The van der Waals surface area contributed by atoms with E-state index in [1.54, 1.807) is 4.90 Å². The molecule has 1 atom stereocenters. The Labute approximate surface area is 186 Å². The van der Waals surface area contributed by atoms with Gasteiger partial charge in [-0.15, -0.1) is 0 Å². The van der Waals surface area contributed by atoms with Gasteiger partial charge < -0.3 is 19.4 Å². The number of nitrogens with zero attached hydrogens (tertiary/aromatic N) is 6. The Morgan fingerprint density at radius 1 is 1.35 bits per heavy atom. The Morgan fingerprint density at radius 3 is 2.77 bits per heavy atom. The van der Waals surface area contributed by atoms with Crippen molar-refractivity contribution in [3.63, 3.8) is 0 Å². The molecule has 1 aromatic heterocycles. The van der Waals surface area contributed by atoms with Gasteiger partial charge in [-0.05, 0) is 39.4 Å². The van der Waals surface area contributed by atoms with E-state index in [0.29, 0.717) is 32.3 Å². The van der Waals surface area contributed by atoms with Crippen LogP contribution in [0.25, 0.3) is 0 Å². The van der Waals surface area contributed by atoms with Crippen molar-refractivity contribution in [2.24, 2.45) is 0 Å². The van der Waals surface area contributed by atoms with Crippen LogP contribution in [0.5, 0.6) is 6.01 Å². The van der Waals surface area contributed by atoms with Crippen LogP contribution in [0, 0.1) is 18.3 Å². The lowest BCUT2D eigenvalue weighted by molar-refractivity contribution is -0.128. The summed E-state index contributed by atoms with van der Waals surface area (Å²) in [7, 11) is 2.09. The second-order valence-corrected chi connectivity index (χ2v) is 7.95. The third kappa shape index (κ3) is 6.66. The van der Waals surface area contributed by atoms with Gasteiger partial charge in [-0.1, -0.05) is 26.8 Å². The lowest BCUT2D eigenvalue weighted by Crippen LogP contribution is -2.55. The van der Waals surface area contributed by atoms with Crippen LogP contribution in [-0.2, 0) is 11.2 Å². The second-order valence-electron chi connectivity index (χ2n) is 7.95. The second kappa shape index (κ2) is 12.3. The molecule has 1 aliphatic heterocycles. The number of carbonyl (C=O) groups excluding carboxylic acids is 1. The van der Waals surface area contributed by atoms with Gasteiger partial charge in [0.25, 0.3) is 0 Å². The van der Waals surface area contributed by atoms with Gasteiger partial charge >= 0.3 is 6.01 Å². The van der Waals surface area contributed by atoms with Crippen LogP contribution in [0.1, 0.15) is 44.4 Å². The fourth-order valence-corrected chi connectivity index (χ4v) is 3.86. The van der Waals surface area contributed by atoms with E-state index < -0.39 is 0 Å². The summed E-state index contributed by atoms with van der Waals surface area (Å²) in [6, 6.07) is 2.40. The topological polar surface area (TPSA) is 85.6 Å². The maximum absolute atomic E-state index is 12.2. The number of hydrogen-bond donors (Lipinski definition) is 0. The van der Waals surface area contributed by atoms with Crippen molar-refractivity contribution < 1.29 is 9.53 Å². The average Bonchev–Trinajstić information content (AvgIpc) is 2.77. The number of rotatable bonds is 11. The minimum Gasteiger partial charge on any atom is -0.462 e. The van der Waals surface area contributed by atoms with Crippen LogP contribution >= 0.6 is 0 Å². The lowest BCUT2D eigenvalue weighted by Gasteiger charge is -2.41. The van der Waals surface area contributed by atoms with Gasteiger partial charge in [-0.3, -0.25) is 4.79 Å². The van der Waals surface area contributed by atoms with Crippen molar-refractivity contribution in [2.75, 3.05) is 51.3 Å². The molecule has 31 heavy (non-hydrogen) atoms. The van der Waals surface area contributed by atoms with Gasteiger partial charge in [0.15, 0.2) is 0 Å². The minimum atomic E-state index is -0.194. The van der Waals surface area contributed by atoms with Gasteiger partial charge in [0.1, 0.15) is 12.4 Å². The number of carbonyl (C=O) groups is 1. The van der Waals surface area contributed by atoms with E-state index in [0.717, 1.165) is 36.6 Å². The zero-order valence-corrected chi connectivity index (χ0v) is 19.4. The van der Waals surface area contributed by atoms with Crippen LogP contribution < -0.4 is 9.64 Å². The highest BCUT2D eigenvalue weighted by Crippen LogP contribution is 2.27. The normalized spacial score (nSPS) is 16.3. The zero-order valence-electron chi connectivity index (χ0n) is 19.4. The van der Waals surface area contributed by atoms with E-state index in [-0.39, 0.29) is 18.4 Å². The summed E-state index contributed by atoms with van der Waals surface area (Å²) in [6.45, 7) is 14.0. The van der Waals surface area contributed by atoms with Crippen molar-refractivity contribution in [1.29, 1.82) is 5.26 Å². The van der Waals surface area contributed by atoms with Gasteiger partial charge in [0.2, 0.25) is 5.91 Å². The highest BCUT2D eigenvalue weighted by molar-refractivity contribution is 5.87. The van der Waals surface area contributed by atoms with Crippen molar-refractivity contribution in [3.05, 3.63) is 23.9 Å². The fraction of sp³-hybridized carbons (Fsp3) is 0.652. The quantitative estimate of drug-likeness (QED) is 0.501. The molecule has 170 valence electrons. The molecule has 8 nitrogen and oxygen atoms in total. The third-order valence-electron chi connectivity index (χ3n) is 5.69. The molecule has 1 fully saturated rings.